The lowest BCUT2D eigenvalue weighted by atomic mass is 10.3. The molecular weight excluding hydrogens is 180 g/mol. The van der Waals surface area contributed by atoms with Crippen molar-refractivity contribution in [2.75, 3.05) is 18.6 Å². The molecule has 0 aliphatic carbocycles. The molecule has 0 aromatic heterocycles. The molecule has 0 saturated heterocycles. The second-order valence-electron chi connectivity index (χ2n) is 2.55. The third kappa shape index (κ3) is 3.37. The maximum absolute atomic E-state index is 5.37. The molecule has 4 heteroatoms. The van der Waals surface area contributed by atoms with Gasteiger partial charge >= 0.3 is 0 Å². The predicted octanol–water partition coefficient (Wildman–Crippen LogP) is 1.51. The smallest absolute Gasteiger partial charge is 0.122 e. The van der Waals surface area contributed by atoms with Crippen LogP contribution in [0.5, 0.6) is 5.75 Å². The molecule has 0 unspecified atom stereocenters. The molecule has 0 fully saturated rings. The van der Waals surface area contributed by atoms with E-state index in [0.29, 0.717) is 13.2 Å². The minimum Gasteiger partial charge on any atom is -0.498 e. The molecule has 3 N–H and O–H groups in total. The highest BCUT2D eigenvalue weighted by molar-refractivity contribution is 5.44. The summed E-state index contributed by atoms with van der Waals surface area (Å²) in [5, 5.41) is 0. The highest BCUT2D eigenvalue weighted by Gasteiger charge is 1.93. The maximum atomic E-state index is 5.37. The highest BCUT2D eigenvalue weighted by Crippen LogP contribution is 2.14. The zero-order valence-electron chi connectivity index (χ0n) is 7.90. The van der Waals surface area contributed by atoms with Crippen LogP contribution in [0.15, 0.2) is 37.1 Å². The van der Waals surface area contributed by atoms with Crippen molar-refractivity contribution in [1.29, 1.82) is 0 Å². The molecule has 0 atom stereocenters. The van der Waals surface area contributed by atoms with Gasteiger partial charge in [0, 0.05) is 5.69 Å². The Kier molecular flexibility index (Phi) is 4.37. The van der Waals surface area contributed by atoms with Crippen molar-refractivity contribution < 1.29 is 9.47 Å². The number of nitrogens with two attached hydrogens (primary N) is 1. The second kappa shape index (κ2) is 5.88. The van der Waals surface area contributed by atoms with E-state index in [0.717, 1.165) is 11.4 Å². The molecular formula is C10H14N2O2. The van der Waals surface area contributed by atoms with Crippen molar-refractivity contribution in [1.82, 2.24) is 0 Å². The van der Waals surface area contributed by atoms with E-state index in [1.54, 1.807) is 0 Å². The van der Waals surface area contributed by atoms with Gasteiger partial charge in [0.1, 0.15) is 19.0 Å². The number of hydrogen-bond acceptors (Lipinski definition) is 4. The lowest BCUT2D eigenvalue weighted by molar-refractivity contribution is 0.179. The van der Waals surface area contributed by atoms with Crippen LogP contribution in [0.2, 0.25) is 0 Å². The van der Waals surface area contributed by atoms with Crippen molar-refractivity contribution in [2.45, 2.75) is 0 Å². The van der Waals surface area contributed by atoms with Crippen molar-refractivity contribution in [3.8, 4) is 5.75 Å². The molecule has 1 rings (SSSR count). The summed E-state index contributed by atoms with van der Waals surface area (Å²) in [4.78, 5) is 0. The standard InChI is InChI=1S/C10H14N2O2/c1-2-13-7-8-14-10-5-3-9(12-11)4-6-10/h2-6,12H,1,7-8,11H2. The largest absolute Gasteiger partial charge is 0.498 e. The maximum Gasteiger partial charge on any atom is 0.122 e. The van der Waals surface area contributed by atoms with Gasteiger partial charge in [0.2, 0.25) is 0 Å². The fourth-order valence-electron chi connectivity index (χ4n) is 0.938. The second-order valence-corrected chi connectivity index (χ2v) is 2.55. The van der Waals surface area contributed by atoms with E-state index in [2.05, 4.69) is 12.0 Å². The molecule has 0 heterocycles. The Morgan fingerprint density at radius 2 is 2.00 bits per heavy atom. The molecule has 4 nitrogen and oxygen atoms in total. The molecule has 0 spiro atoms. The summed E-state index contributed by atoms with van der Waals surface area (Å²) in [7, 11) is 0. The van der Waals surface area contributed by atoms with E-state index in [9.17, 15) is 0 Å². The van der Waals surface area contributed by atoms with E-state index in [-0.39, 0.29) is 0 Å². The summed E-state index contributed by atoms with van der Waals surface area (Å²) in [6, 6.07) is 7.35. The Bertz CT molecular complexity index is 272. The van der Waals surface area contributed by atoms with Crippen LogP contribution in [0.4, 0.5) is 5.69 Å². The molecule has 0 aliphatic heterocycles. The summed E-state index contributed by atoms with van der Waals surface area (Å²) in [6.45, 7) is 4.43. The molecule has 0 saturated carbocycles. The first kappa shape index (κ1) is 10.4. The van der Waals surface area contributed by atoms with Crippen LogP contribution in [-0.4, -0.2) is 13.2 Å². The van der Waals surface area contributed by atoms with Crippen LogP contribution in [-0.2, 0) is 4.74 Å². The number of nitrogen functional groups attached to an aromatic ring is 1. The van der Waals surface area contributed by atoms with Gasteiger partial charge in [0.15, 0.2) is 0 Å². The van der Waals surface area contributed by atoms with Gasteiger partial charge in [-0.15, -0.1) is 0 Å². The first-order chi connectivity index (χ1) is 6.86. The Morgan fingerprint density at radius 1 is 1.29 bits per heavy atom. The number of hydrazine groups is 1. The summed E-state index contributed by atoms with van der Waals surface area (Å²) < 4.78 is 10.3. The zero-order chi connectivity index (χ0) is 10.2. The van der Waals surface area contributed by atoms with Crippen LogP contribution in [0.1, 0.15) is 0 Å². The number of rotatable bonds is 6. The summed E-state index contributed by atoms with van der Waals surface area (Å²) in [5.41, 5.74) is 3.38. The quantitative estimate of drug-likeness (QED) is 0.312. The van der Waals surface area contributed by atoms with Crippen LogP contribution in [0.3, 0.4) is 0 Å². The predicted molar refractivity (Wildman–Crippen MR) is 55.9 cm³/mol. The van der Waals surface area contributed by atoms with Gasteiger partial charge in [-0.3, -0.25) is 5.84 Å². The highest BCUT2D eigenvalue weighted by atomic mass is 16.5. The minimum absolute atomic E-state index is 0.500. The molecule has 0 aliphatic rings. The number of hydrogen-bond donors (Lipinski definition) is 2. The monoisotopic (exact) mass is 194 g/mol. The van der Waals surface area contributed by atoms with Crippen LogP contribution < -0.4 is 16.0 Å². The number of benzene rings is 1. The molecule has 14 heavy (non-hydrogen) atoms. The lowest BCUT2D eigenvalue weighted by Crippen LogP contribution is -2.07. The third-order valence-corrected chi connectivity index (χ3v) is 1.61. The fraction of sp³-hybridized carbons (Fsp3) is 0.200. The van der Waals surface area contributed by atoms with Gasteiger partial charge in [-0.1, -0.05) is 6.58 Å². The normalized spacial score (nSPS) is 9.21. The molecule has 0 radical (unpaired) electrons. The van der Waals surface area contributed by atoms with E-state index in [4.69, 9.17) is 15.3 Å². The topological polar surface area (TPSA) is 56.5 Å². The summed E-state index contributed by atoms with van der Waals surface area (Å²) in [6.07, 6.45) is 1.39. The average molecular weight is 194 g/mol. The van der Waals surface area contributed by atoms with E-state index < -0.39 is 0 Å². The van der Waals surface area contributed by atoms with Gasteiger partial charge in [0.25, 0.3) is 0 Å². The van der Waals surface area contributed by atoms with Gasteiger partial charge in [-0.05, 0) is 24.3 Å². The molecule has 0 bridgehead atoms. The lowest BCUT2D eigenvalue weighted by Gasteiger charge is -2.06. The van der Waals surface area contributed by atoms with Gasteiger partial charge in [0.05, 0.1) is 6.26 Å². The fourth-order valence-corrected chi connectivity index (χ4v) is 0.938. The molecule has 1 aromatic carbocycles. The third-order valence-electron chi connectivity index (χ3n) is 1.61. The SMILES string of the molecule is C=COCCOc1ccc(NN)cc1. The Balaban J connectivity index is 2.32. The van der Waals surface area contributed by atoms with Crippen molar-refractivity contribution in [3.05, 3.63) is 37.1 Å². The molecule has 76 valence electrons. The number of anilines is 1. The summed E-state index contributed by atoms with van der Waals surface area (Å²) >= 11 is 0. The van der Waals surface area contributed by atoms with Gasteiger partial charge < -0.3 is 14.9 Å². The van der Waals surface area contributed by atoms with Crippen LogP contribution in [0, 0.1) is 0 Å². The van der Waals surface area contributed by atoms with Crippen molar-refractivity contribution in [3.63, 3.8) is 0 Å². The Labute approximate surface area is 83.3 Å². The van der Waals surface area contributed by atoms with Crippen LogP contribution in [0.25, 0.3) is 0 Å². The first-order valence-corrected chi connectivity index (χ1v) is 4.29. The van der Waals surface area contributed by atoms with Gasteiger partial charge in [-0.2, -0.15) is 0 Å². The van der Waals surface area contributed by atoms with E-state index >= 15 is 0 Å². The summed E-state index contributed by atoms with van der Waals surface area (Å²) in [5.74, 6) is 6.01. The first-order valence-electron chi connectivity index (χ1n) is 4.29. The molecule has 1 aromatic rings. The average Bonchev–Trinajstić information content (AvgIpc) is 2.25. The number of ether oxygens (including phenoxy) is 2. The van der Waals surface area contributed by atoms with Crippen molar-refractivity contribution >= 4 is 5.69 Å². The number of nitrogens with one attached hydrogen (secondary N) is 1. The minimum atomic E-state index is 0.500. The zero-order valence-corrected chi connectivity index (χ0v) is 7.90. The Morgan fingerprint density at radius 3 is 2.57 bits per heavy atom. The Hall–Kier alpha value is -1.68. The van der Waals surface area contributed by atoms with E-state index in [1.807, 2.05) is 24.3 Å². The molecule has 0 amide bonds. The van der Waals surface area contributed by atoms with E-state index in [1.165, 1.54) is 6.26 Å². The van der Waals surface area contributed by atoms with Gasteiger partial charge in [-0.25, -0.2) is 0 Å². The van der Waals surface area contributed by atoms with Crippen LogP contribution >= 0.6 is 0 Å². The van der Waals surface area contributed by atoms with Crippen molar-refractivity contribution in [2.24, 2.45) is 5.84 Å².